The van der Waals surface area contributed by atoms with Crippen molar-refractivity contribution in [2.45, 2.75) is 31.4 Å². The molecule has 8 heteroatoms. The average molecular weight is 310 g/mol. The Bertz CT molecular complexity index is 536. The summed E-state index contributed by atoms with van der Waals surface area (Å²) in [6, 6.07) is 0. The highest BCUT2D eigenvalue weighted by Crippen LogP contribution is 2.29. The summed E-state index contributed by atoms with van der Waals surface area (Å²) >= 11 is 0. The third-order valence-corrected chi connectivity index (χ3v) is 3.97. The van der Waals surface area contributed by atoms with Crippen molar-refractivity contribution >= 4 is 16.1 Å². The molecule has 0 saturated carbocycles. The summed E-state index contributed by atoms with van der Waals surface area (Å²) in [5.41, 5.74) is 1.66. The lowest BCUT2D eigenvalue weighted by atomic mass is 9.86. The van der Waals surface area contributed by atoms with Crippen LogP contribution >= 0.6 is 0 Å². The summed E-state index contributed by atoms with van der Waals surface area (Å²) in [4.78, 5) is 11.0. The van der Waals surface area contributed by atoms with Crippen LogP contribution in [-0.2, 0) is 19.6 Å². The van der Waals surface area contributed by atoms with Crippen LogP contribution in [0.25, 0.3) is 0 Å². The van der Waals surface area contributed by atoms with Crippen molar-refractivity contribution in [1.82, 2.24) is 0 Å². The fraction of sp³-hybridized carbons (Fsp3) is 0.583. The van der Waals surface area contributed by atoms with Crippen molar-refractivity contribution in [3.63, 3.8) is 0 Å². The van der Waals surface area contributed by atoms with E-state index < -0.39 is 27.9 Å². The molecule has 1 aliphatic rings. The lowest BCUT2D eigenvalue weighted by molar-refractivity contribution is -0.160. The van der Waals surface area contributed by atoms with Gasteiger partial charge in [0.1, 0.15) is 6.61 Å². The van der Waals surface area contributed by atoms with Crippen LogP contribution in [0.15, 0.2) is 23.8 Å². The molecule has 0 aromatic carbocycles. The summed E-state index contributed by atoms with van der Waals surface area (Å²) in [5, 5.41) is -4.94. The topological polar surface area (TPSA) is 80.7 Å². The molecule has 0 amide bonds. The molecule has 0 aromatic heterocycles. The molecule has 20 heavy (non-hydrogen) atoms. The molecule has 5 nitrogen and oxygen atoms in total. The molecule has 1 rings (SSSR count). The first-order chi connectivity index (χ1) is 9.05. The Kier molecular flexibility index (Phi) is 5.04. The molecule has 0 bridgehead atoms. The van der Waals surface area contributed by atoms with E-state index in [0.717, 1.165) is 12.0 Å². The lowest BCUT2D eigenvalue weighted by Crippen LogP contribution is -2.39. The van der Waals surface area contributed by atoms with Crippen molar-refractivity contribution in [3.05, 3.63) is 23.8 Å². The van der Waals surface area contributed by atoms with Gasteiger partial charge < -0.3 is 4.74 Å². The van der Waals surface area contributed by atoms with Crippen molar-refractivity contribution < 1.29 is 31.3 Å². The molecule has 1 aliphatic carbocycles. The zero-order valence-corrected chi connectivity index (χ0v) is 11.8. The first-order valence-electron chi connectivity index (χ1n) is 5.91. The monoisotopic (exact) mass is 310 g/mol. The second kappa shape index (κ2) is 6.01. The molecule has 0 spiro atoms. The third-order valence-electron chi connectivity index (χ3n) is 3.15. The van der Waals surface area contributed by atoms with Gasteiger partial charge in [0.25, 0.3) is 0 Å². The van der Waals surface area contributed by atoms with Gasteiger partial charge in [-0.1, -0.05) is 18.2 Å². The van der Waals surface area contributed by atoms with E-state index in [4.69, 9.17) is 4.55 Å². The lowest BCUT2D eigenvalue weighted by Gasteiger charge is -2.22. The molecule has 114 valence electrons. The van der Waals surface area contributed by atoms with Crippen molar-refractivity contribution in [2.24, 2.45) is 5.92 Å². The highest BCUT2D eigenvalue weighted by atomic mass is 32.2. The van der Waals surface area contributed by atoms with E-state index in [1.807, 2.05) is 6.92 Å². The Hall–Kier alpha value is -1.28. The van der Waals surface area contributed by atoms with Gasteiger partial charge in [-0.05, 0) is 37.7 Å². The van der Waals surface area contributed by atoms with Gasteiger partial charge in [-0.15, -0.1) is 0 Å². The summed E-state index contributed by atoms with van der Waals surface area (Å²) in [5.74, 6) is -1.96. The minimum Gasteiger partial charge on any atom is -0.456 e. The molecule has 0 heterocycles. The highest BCUT2D eigenvalue weighted by molar-refractivity contribution is 7.87. The largest absolute Gasteiger partial charge is 0.465 e. The average Bonchev–Trinajstić information content (AvgIpc) is 2.34. The highest BCUT2D eigenvalue weighted by Gasteiger charge is 2.54. The number of hydrogen-bond acceptors (Lipinski definition) is 4. The smallest absolute Gasteiger partial charge is 0.456 e. The van der Waals surface area contributed by atoms with Gasteiger partial charge in [-0.2, -0.15) is 17.2 Å². The van der Waals surface area contributed by atoms with Gasteiger partial charge in [0.15, 0.2) is 0 Å². The molecule has 1 unspecified atom stereocenters. The van der Waals surface area contributed by atoms with Crippen molar-refractivity contribution in [1.29, 1.82) is 0 Å². The Morgan fingerprint density at radius 2 is 2.20 bits per heavy atom. The Labute approximate surface area is 116 Å². The zero-order chi connectivity index (χ0) is 15.6. The predicted octanol–water partition coefficient (Wildman–Crippen LogP) is 2.31. The summed E-state index contributed by atoms with van der Waals surface area (Å²) in [6.45, 7) is 5.32. The number of carbonyl (C=O) groups is 1. The van der Waals surface area contributed by atoms with Crippen LogP contribution < -0.4 is 0 Å². The number of alkyl halides is 2. The van der Waals surface area contributed by atoms with E-state index in [1.54, 1.807) is 6.08 Å². The molecular formula is C12H16F2O5S. The van der Waals surface area contributed by atoms with Gasteiger partial charge in [0, 0.05) is 0 Å². The second-order valence-electron chi connectivity index (χ2n) is 4.75. The van der Waals surface area contributed by atoms with Gasteiger partial charge in [0.05, 0.1) is 0 Å². The first-order valence-corrected chi connectivity index (χ1v) is 7.35. The fourth-order valence-electron chi connectivity index (χ4n) is 1.81. The SMILES string of the molecule is C=C(C)C1CC=C(COC(=O)C(F)(F)S(=O)(=O)O)CC1. The molecule has 0 aliphatic heterocycles. The number of ether oxygens (including phenoxy) is 1. The molecule has 0 radical (unpaired) electrons. The summed E-state index contributed by atoms with van der Waals surface area (Å²) in [6.07, 6.45) is 3.77. The Morgan fingerprint density at radius 1 is 1.60 bits per heavy atom. The summed E-state index contributed by atoms with van der Waals surface area (Å²) < 4.78 is 59.0. The molecule has 0 aromatic rings. The van der Waals surface area contributed by atoms with Gasteiger partial charge >= 0.3 is 21.3 Å². The van der Waals surface area contributed by atoms with Crippen LogP contribution in [0.4, 0.5) is 8.78 Å². The van der Waals surface area contributed by atoms with Crippen LogP contribution in [0.5, 0.6) is 0 Å². The van der Waals surface area contributed by atoms with Crippen LogP contribution in [0.2, 0.25) is 0 Å². The minimum atomic E-state index is -5.81. The minimum absolute atomic E-state index is 0.314. The Morgan fingerprint density at radius 3 is 2.60 bits per heavy atom. The number of hydrogen-bond donors (Lipinski definition) is 1. The maximum Gasteiger partial charge on any atom is 0.465 e. The van der Waals surface area contributed by atoms with E-state index in [1.165, 1.54) is 0 Å². The fourth-order valence-corrected chi connectivity index (χ4v) is 2.08. The zero-order valence-electron chi connectivity index (χ0n) is 10.9. The van der Waals surface area contributed by atoms with Crippen LogP contribution in [-0.4, -0.2) is 30.8 Å². The third kappa shape index (κ3) is 3.86. The second-order valence-corrected chi connectivity index (χ2v) is 6.21. The van der Waals surface area contributed by atoms with Gasteiger partial charge in [-0.3, -0.25) is 4.55 Å². The number of halogens is 2. The maximum atomic E-state index is 12.9. The number of carbonyl (C=O) groups excluding carboxylic acids is 1. The van der Waals surface area contributed by atoms with Crippen LogP contribution in [0.1, 0.15) is 26.2 Å². The van der Waals surface area contributed by atoms with E-state index in [-0.39, 0.29) is 0 Å². The standard InChI is InChI=1S/C12H16F2O5S/c1-8(2)10-5-3-9(4-6-10)7-19-11(15)12(13,14)20(16,17)18/h3,10H,1,4-7H2,2H3,(H,16,17,18). The number of allylic oxidation sites excluding steroid dienone is 2. The first kappa shape index (κ1) is 16.8. The Balaban J connectivity index is 2.57. The normalized spacial score (nSPS) is 20.2. The molecule has 1 N–H and O–H groups in total. The van der Waals surface area contributed by atoms with E-state index in [0.29, 0.717) is 24.3 Å². The molecule has 0 saturated heterocycles. The van der Waals surface area contributed by atoms with E-state index >= 15 is 0 Å². The quantitative estimate of drug-likeness (QED) is 0.479. The molecule has 0 fully saturated rings. The summed E-state index contributed by atoms with van der Waals surface area (Å²) in [7, 11) is -5.81. The van der Waals surface area contributed by atoms with Crippen molar-refractivity contribution in [2.75, 3.05) is 6.61 Å². The van der Waals surface area contributed by atoms with E-state index in [2.05, 4.69) is 11.3 Å². The number of rotatable bonds is 5. The predicted molar refractivity (Wildman–Crippen MR) is 67.7 cm³/mol. The van der Waals surface area contributed by atoms with Crippen LogP contribution in [0, 0.1) is 5.92 Å². The maximum absolute atomic E-state index is 12.9. The van der Waals surface area contributed by atoms with Gasteiger partial charge in [-0.25, -0.2) is 4.79 Å². The molecular weight excluding hydrogens is 294 g/mol. The van der Waals surface area contributed by atoms with Gasteiger partial charge in [0.2, 0.25) is 0 Å². The van der Waals surface area contributed by atoms with Crippen LogP contribution in [0.3, 0.4) is 0 Å². The van der Waals surface area contributed by atoms with E-state index in [9.17, 15) is 22.0 Å². The molecule has 1 atom stereocenters. The van der Waals surface area contributed by atoms with Crippen molar-refractivity contribution in [3.8, 4) is 0 Å². The number of esters is 1.